The van der Waals surface area contributed by atoms with Gasteiger partial charge in [0.1, 0.15) is 0 Å². The average molecular weight is 221 g/mol. The Labute approximate surface area is 98.8 Å². The zero-order valence-electron chi connectivity index (χ0n) is 10.1. The van der Waals surface area contributed by atoms with Crippen molar-refractivity contribution in [2.24, 2.45) is 0 Å². The Kier molecular flexibility index (Phi) is 4.62. The van der Waals surface area contributed by atoms with Crippen molar-refractivity contribution >= 4 is 0 Å². The molecule has 2 rings (SSSR count). The Morgan fingerprint density at radius 1 is 1.12 bits per heavy atom. The lowest BCUT2D eigenvalue weighted by molar-refractivity contribution is 0.216. The van der Waals surface area contributed by atoms with E-state index in [1.807, 2.05) is 0 Å². The van der Waals surface area contributed by atoms with Gasteiger partial charge < -0.3 is 5.32 Å². The van der Waals surface area contributed by atoms with Crippen LogP contribution < -0.4 is 5.32 Å². The molecule has 0 radical (unpaired) electrons. The minimum Gasteiger partial charge on any atom is -0.300 e. The van der Waals surface area contributed by atoms with Crippen LogP contribution in [0.3, 0.4) is 0 Å². The van der Waals surface area contributed by atoms with Crippen LogP contribution in [0, 0.1) is 11.3 Å². The Morgan fingerprint density at radius 2 is 1.88 bits per heavy atom. The maximum absolute atomic E-state index is 8.55. The fraction of sp³-hybridized carbons (Fsp3) is 0.923. The second-order valence-electron chi connectivity index (χ2n) is 5.16. The van der Waals surface area contributed by atoms with E-state index in [9.17, 15) is 0 Å². The first-order chi connectivity index (χ1) is 7.90. The Hall–Kier alpha value is -0.590. The van der Waals surface area contributed by atoms with Gasteiger partial charge in [0.25, 0.3) is 0 Å². The van der Waals surface area contributed by atoms with Crippen molar-refractivity contribution in [1.82, 2.24) is 10.2 Å². The third kappa shape index (κ3) is 3.20. The minimum atomic E-state index is 0.503. The van der Waals surface area contributed by atoms with E-state index in [2.05, 4.69) is 16.3 Å². The molecule has 1 aliphatic heterocycles. The molecule has 1 atom stereocenters. The molecule has 1 unspecified atom stereocenters. The molecule has 0 aromatic heterocycles. The largest absolute Gasteiger partial charge is 0.300 e. The highest BCUT2D eigenvalue weighted by Gasteiger charge is 2.27. The van der Waals surface area contributed by atoms with Crippen molar-refractivity contribution in [3.8, 4) is 6.07 Å². The Bertz CT molecular complexity index is 238. The molecule has 16 heavy (non-hydrogen) atoms. The summed E-state index contributed by atoms with van der Waals surface area (Å²) in [5, 5.41) is 11.9. The van der Waals surface area contributed by atoms with Gasteiger partial charge in [0, 0.05) is 25.2 Å². The molecule has 3 heteroatoms. The number of nitriles is 1. The van der Waals surface area contributed by atoms with Gasteiger partial charge in [0.15, 0.2) is 0 Å². The van der Waals surface area contributed by atoms with Crippen molar-refractivity contribution in [1.29, 1.82) is 5.26 Å². The van der Waals surface area contributed by atoms with Gasteiger partial charge >= 0.3 is 0 Å². The lowest BCUT2D eigenvalue weighted by Crippen LogP contribution is -2.37. The molecule has 0 amide bonds. The topological polar surface area (TPSA) is 39.1 Å². The number of likely N-dealkylation sites (tertiary alicyclic amines) is 1. The average Bonchev–Trinajstić information content (AvgIpc) is 2.60. The summed E-state index contributed by atoms with van der Waals surface area (Å²) in [5.74, 6) is 0. The summed E-state index contributed by atoms with van der Waals surface area (Å²) in [6, 6.07) is 3.56. The molecular weight excluding hydrogens is 198 g/mol. The van der Waals surface area contributed by atoms with Crippen LogP contribution >= 0.6 is 0 Å². The normalized spacial score (nSPS) is 28.8. The summed E-state index contributed by atoms with van der Waals surface area (Å²) in [5.41, 5.74) is 0. The molecule has 1 N–H and O–H groups in total. The fourth-order valence-corrected chi connectivity index (χ4v) is 3.10. The summed E-state index contributed by atoms with van der Waals surface area (Å²) in [6.45, 7) is 2.89. The second kappa shape index (κ2) is 6.22. The van der Waals surface area contributed by atoms with Crippen LogP contribution in [0.1, 0.15) is 44.9 Å². The minimum absolute atomic E-state index is 0.503. The summed E-state index contributed by atoms with van der Waals surface area (Å²) >= 11 is 0. The van der Waals surface area contributed by atoms with Gasteiger partial charge in [-0.25, -0.2) is 0 Å². The van der Waals surface area contributed by atoms with E-state index in [0.29, 0.717) is 12.6 Å². The summed E-state index contributed by atoms with van der Waals surface area (Å²) in [4.78, 5) is 2.65. The standard InChI is InChI=1S/C13H23N3/c14-8-9-15-12-7-10-16(11-12)13-5-3-1-2-4-6-13/h12-13,15H,1-7,9-11H2. The highest BCUT2D eigenvalue weighted by molar-refractivity contribution is 4.88. The van der Waals surface area contributed by atoms with Crippen LogP contribution in [0.2, 0.25) is 0 Å². The van der Waals surface area contributed by atoms with Crippen LogP contribution in [0.25, 0.3) is 0 Å². The lowest BCUT2D eigenvalue weighted by Gasteiger charge is -2.26. The summed E-state index contributed by atoms with van der Waals surface area (Å²) in [7, 11) is 0. The van der Waals surface area contributed by atoms with Gasteiger partial charge in [-0.15, -0.1) is 0 Å². The SMILES string of the molecule is N#CCNC1CCN(C2CCCCCC2)C1. The first-order valence-electron chi connectivity index (χ1n) is 6.74. The van der Waals surface area contributed by atoms with E-state index < -0.39 is 0 Å². The van der Waals surface area contributed by atoms with E-state index >= 15 is 0 Å². The second-order valence-corrected chi connectivity index (χ2v) is 5.16. The maximum atomic E-state index is 8.55. The molecule has 2 aliphatic rings. The third-order valence-electron chi connectivity index (χ3n) is 4.03. The number of hydrogen-bond donors (Lipinski definition) is 1. The van der Waals surface area contributed by atoms with Gasteiger partial charge in [-0.2, -0.15) is 5.26 Å². The van der Waals surface area contributed by atoms with E-state index in [0.717, 1.165) is 12.6 Å². The summed E-state index contributed by atoms with van der Waals surface area (Å²) in [6.07, 6.45) is 9.70. The number of nitrogens with one attached hydrogen (secondary N) is 1. The molecule has 0 aromatic rings. The number of rotatable bonds is 3. The molecule has 0 aromatic carbocycles. The van der Waals surface area contributed by atoms with Gasteiger partial charge in [0.2, 0.25) is 0 Å². The molecule has 0 spiro atoms. The van der Waals surface area contributed by atoms with Crippen molar-refractivity contribution in [2.75, 3.05) is 19.6 Å². The zero-order valence-corrected chi connectivity index (χ0v) is 10.1. The monoisotopic (exact) mass is 221 g/mol. The fourth-order valence-electron chi connectivity index (χ4n) is 3.10. The highest BCUT2D eigenvalue weighted by atomic mass is 15.2. The number of hydrogen-bond acceptors (Lipinski definition) is 3. The predicted octanol–water partition coefficient (Wildman–Crippen LogP) is 1.90. The molecule has 2 fully saturated rings. The Balaban J connectivity index is 1.76. The molecule has 0 bridgehead atoms. The molecule has 1 aliphatic carbocycles. The predicted molar refractivity (Wildman–Crippen MR) is 65.1 cm³/mol. The van der Waals surface area contributed by atoms with Crippen LogP contribution in [-0.4, -0.2) is 36.6 Å². The van der Waals surface area contributed by atoms with E-state index in [-0.39, 0.29) is 0 Å². The lowest BCUT2D eigenvalue weighted by atomic mass is 10.1. The highest BCUT2D eigenvalue weighted by Crippen LogP contribution is 2.24. The molecule has 1 saturated heterocycles. The Morgan fingerprint density at radius 3 is 2.56 bits per heavy atom. The van der Waals surface area contributed by atoms with Crippen molar-refractivity contribution in [3.63, 3.8) is 0 Å². The smallest absolute Gasteiger partial charge is 0.0843 e. The quantitative estimate of drug-likeness (QED) is 0.584. The van der Waals surface area contributed by atoms with Crippen LogP contribution in [0.4, 0.5) is 0 Å². The number of nitrogens with zero attached hydrogens (tertiary/aromatic N) is 2. The van der Waals surface area contributed by atoms with Gasteiger partial charge in [-0.05, 0) is 19.3 Å². The zero-order chi connectivity index (χ0) is 11.2. The maximum Gasteiger partial charge on any atom is 0.0843 e. The van der Waals surface area contributed by atoms with Gasteiger partial charge in [0.05, 0.1) is 12.6 Å². The van der Waals surface area contributed by atoms with E-state index in [1.54, 1.807) is 0 Å². The van der Waals surface area contributed by atoms with Gasteiger partial charge in [-0.1, -0.05) is 25.7 Å². The summed E-state index contributed by atoms with van der Waals surface area (Å²) < 4.78 is 0. The van der Waals surface area contributed by atoms with Gasteiger partial charge in [-0.3, -0.25) is 4.90 Å². The first kappa shape index (κ1) is 11.9. The van der Waals surface area contributed by atoms with Crippen molar-refractivity contribution in [3.05, 3.63) is 0 Å². The van der Waals surface area contributed by atoms with E-state index in [1.165, 1.54) is 51.5 Å². The molecule has 1 saturated carbocycles. The first-order valence-corrected chi connectivity index (χ1v) is 6.74. The molecule has 90 valence electrons. The van der Waals surface area contributed by atoms with E-state index in [4.69, 9.17) is 5.26 Å². The third-order valence-corrected chi connectivity index (χ3v) is 4.03. The molecule has 3 nitrogen and oxygen atoms in total. The van der Waals surface area contributed by atoms with Crippen LogP contribution in [0.15, 0.2) is 0 Å². The molecular formula is C13H23N3. The van der Waals surface area contributed by atoms with Crippen molar-refractivity contribution in [2.45, 2.75) is 57.0 Å². The van der Waals surface area contributed by atoms with Crippen molar-refractivity contribution < 1.29 is 0 Å². The van der Waals surface area contributed by atoms with Crippen LogP contribution in [0.5, 0.6) is 0 Å². The van der Waals surface area contributed by atoms with Crippen LogP contribution in [-0.2, 0) is 0 Å². The molecule has 1 heterocycles.